The van der Waals surface area contributed by atoms with Crippen molar-refractivity contribution in [1.82, 2.24) is 0 Å². The van der Waals surface area contributed by atoms with E-state index in [1.807, 2.05) is 13.8 Å². The van der Waals surface area contributed by atoms with Gasteiger partial charge in [-0.25, -0.2) is 0 Å². The van der Waals surface area contributed by atoms with Crippen molar-refractivity contribution < 1.29 is 4.79 Å². The Hall–Kier alpha value is 0.100. The van der Waals surface area contributed by atoms with Crippen molar-refractivity contribution in [3.8, 4) is 0 Å². The molecule has 0 aliphatic rings. The third-order valence-corrected chi connectivity index (χ3v) is 1.32. The van der Waals surface area contributed by atoms with Crippen LogP contribution >= 0.6 is 9.24 Å². The second-order valence-corrected chi connectivity index (χ2v) is 2.74. The molecule has 0 aliphatic carbocycles. The molecule has 0 saturated heterocycles. The van der Waals surface area contributed by atoms with E-state index in [4.69, 9.17) is 0 Å². The van der Waals surface area contributed by atoms with Gasteiger partial charge < -0.3 is 0 Å². The van der Waals surface area contributed by atoms with Gasteiger partial charge in [0.1, 0.15) is 5.78 Å². The molecule has 2 heteroatoms. The minimum Gasteiger partial charge on any atom is -0.299 e. The van der Waals surface area contributed by atoms with Gasteiger partial charge in [0.05, 0.1) is 0 Å². The summed E-state index contributed by atoms with van der Waals surface area (Å²) in [7, 11) is 2.55. The molecule has 0 aromatic carbocycles. The molecular weight excluding hydrogens is 119 g/mol. The Balaban J connectivity index is 3.33. The molecule has 1 atom stereocenters. The van der Waals surface area contributed by atoms with E-state index in [2.05, 4.69) is 9.24 Å². The number of carbonyl (C=O) groups is 1. The van der Waals surface area contributed by atoms with E-state index in [0.29, 0.717) is 12.2 Å². The first-order chi connectivity index (χ1) is 3.68. The molecule has 0 radical (unpaired) electrons. The third-order valence-electron chi connectivity index (χ3n) is 1.03. The van der Waals surface area contributed by atoms with Gasteiger partial charge in [0, 0.05) is 12.3 Å². The summed E-state index contributed by atoms with van der Waals surface area (Å²) in [4.78, 5) is 10.7. The molecule has 0 spiro atoms. The first-order valence-corrected chi connectivity index (χ1v) is 3.73. The van der Waals surface area contributed by atoms with Crippen molar-refractivity contribution in [2.24, 2.45) is 5.92 Å². The second-order valence-electron chi connectivity index (χ2n) is 2.16. The van der Waals surface area contributed by atoms with Crippen LogP contribution in [0.25, 0.3) is 0 Å². The maximum Gasteiger partial charge on any atom is 0.135 e. The lowest BCUT2D eigenvalue weighted by Crippen LogP contribution is -2.06. The summed E-state index contributed by atoms with van der Waals surface area (Å²) < 4.78 is 0. The normalized spacial score (nSPS) is 10.0. The highest BCUT2D eigenvalue weighted by Crippen LogP contribution is 1.99. The fraction of sp³-hybridized carbons (Fsp3) is 0.833. The predicted octanol–water partition coefficient (Wildman–Crippen LogP) is 1.48. The minimum atomic E-state index is 0.218. The molecular formula is C6H13OP. The predicted molar refractivity (Wildman–Crippen MR) is 39.0 cm³/mol. The van der Waals surface area contributed by atoms with Crippen molar-refractivity contribution >= 4 is 15.0 Å². The fourth-order valence-electron chi connectivity index (χ4n) is 0.431. The highest BCUT2D eigenvalue weighted by molar-refractivity contribution is 7.16. The Bertz CT molecular complexity index is 78.6. The molecule has 0 amide bonds. The zero-order chi connectivity index (χ0) is 6.57. The molecule has 0 bridgehead atoms. The number of rotatable bonds is 3. The molecule has 48 valence electrons. The van der Waals surface area contributed by atoms with Crippen molar-refractivity contribution in [2.45, 2.75) is 20.3 Å². The maximum absolute atomic E-state index is 10.7. The van der Waals surface area contributed by atoms with E-state index < -0.39 is 0 Å². The first kappa shape index (κ1) is 8.10. The van der Waals surface area contributed by atoms with Gasteiger partial charge in [-0.2, -0.15) is 0 Å². The minimum absolute atomic E-state index is 0.218. The molecule has 0 fully saturated rings. The van der Waals surface area contributed by atoms with E-state index in [9.17, 15) is 4.79 Å². The van der Waals surface area contributed by atoms with Gasteiger partial charge in [0.2, 0.25) is 0 Å². The molecule has 0 saturated carbocycles. The molecule has 1 unspecified atom stereocenters. The quantitative estimate of drug-likeness (QED) is 0.531. The van der Waals surface area contributed by atoms with Gasteiger partial charge in [-0.15, -0.1) is 9.24 Å². The van der Waals surface area contributed by atoms with Crippen LogP contribution in [0, 0.1) is 5.92 Å². The lowest BCUT2D eigenvalue weighted by Gasteiger charge is -1.98. The Kier molecular flexibility index (Phi) is 4.08. The van der Waals surface area contributed by atoms with E-state index in [-0.39, 0.29) is 5.92 Å². The lowest BCUT2D eigenvalue weighted by molar-refractivity contribution is -0.121. The summed E-state index contributed by atoms with van der Waals surface area (Å²) in [6.45, 7) is 3.87. The summed E-state index contributed by atoms with van der Waals surface area (Å²) in [6.07, 6.45) is 1.61. The molecule has 0 heterocycles. The van der Waals surface area contributed by atoms with Gasteiger partial charge in [-0.3, -0.25) is 4.79 Å². The second kappa shape index (κ2) is 4.03. The van der Waals surface area contributed by atoms with Gasteiger partial charge in [0.15, 0.2) is 0 Å². The number of carbonyl (C=O) groups excluding carboxylic acids is 1. The van der Waals surface area contributed by atoms with Crippen molar-refractivity contribution in [1.29, 1.82) is 0 Å². The van der Waals surface area contributed by atoms with Crippen molar-refractivity contribution in [2.75, 3.05) is 6.16 Å². The van der Waals surface area contributed by atoms with Crippen LogP contribution in [0.15, 0.2) is 0 Å². The molecule has 0 aliphatic heterocycles. The monoisotopic (exact) mass is 132 g/mol. The highest BCUT2D eigenvalue weighted by atomic mass is 31.0. The number of hydrogen-bond donors (Lipinski definition) is 0. The topological polar surface area (TPSA) is 17.1 Å². The molecule has 1 nitrogen and oxygen atoms in total. The highest BCUT2D eigenvalue weighted by Gasteiger charge is 2.03. The van der Waals surface area contributed by atoms with Crippen LogP contribution in [0.2, 0.25) is 0 Å². The van der Waals surface area contributed by atoms with Gasteiger partial charge in [-0.1, -0.05) is 13.8 Å². The smallest absolute Gasteiger partial charge is 0.135 e. The Morgan fingerprint density at radius 1 is 1.62 bits per heavy atom. The first-order valence-electron chi connectivity index (χ1n) is 2.91. The molecule has 8 heavy (non-hydrogen) atoms. The summed E-state index contributed by atoms with van der Waals surface area (Å²) in [5.41, 5.74) is 0. The molecule has 0 aromatic heterocycles. The fourth-order valence-corrected chi connectivity index (χ4v) is 0.715. The van der Waals surface area contributed by atoms with Crippen LogP contribution in [-0.4, -0.2) is 11.9 Å². The Labute approximate surface area is 53.1 Å². The summed E-state index contributed by atoms with van der Waals surface area (Å²) in [6, 6.07) is 0. The van der Waals surface area contributed by atoms with Gasteiger partial charge in [0.25, 0.3) is 0 Å². The van der Waals surface area contributed by atoms with Crippen LogP contribution in [0.3, 0.4) is 0 Å². The van der Waals surface area contributed by atoms with Crippen LogP contribution < -0.4 is 0 Å². The zero-order valence-corrected chi connectivity index (χ0v) is 6.63. The standard InChI is InChI=1S/C6H13OP/c1-5(2)6(7)3-4-8/h5H,3-4,8H2,1-2H3. The zero-order valence-electron chi connectivity index (χ0n) is 5.48. The Morgan fingerprint density at radius 2 is 2.12 bits per heavy atom. The van der Waals surface area contributed by atoms with Crippen LogP contribution in [0.1, 0.15) is 20.3 Å². The Morgan fingerprint density at radius 3 is 2.25 bits per heavy atom. The van der Waals surface area contributed by atoms with Gasteiger partial charge >= 0.3 is 0 Å². The third kappa shape index (κ3) is 3.15. The van der Waals surface area contributed by atoms with Crippen molar-refractivity contribution in [3.63, 3.8) is 0 Å². The van der Waals surface area contributed by atoms with Gasteiger partial charge in [-0.05, 0) is 6.16 Å². The number of Topliss-reactive ketones (excluding diaryl/α,β-unsaturated/α-hetero) is 1. The average molecular weight is 132 g/mol. The average Bonchev–Trinajstić information content (AvgIpc) is 1.67. The molecule has 0 aromatic rings. The number of ketones is 1. The van der Waals surface area contributed by atoms with E-state index >= 15 is 0 Å². The van der Waals surface area contributed by atoms with Crippen LogP contribution in [0.5, 0.6) is 0 Å². The lowest BCUT2D eigenvalue weighted by atomic mass is 10.1. The van der Waals surface area contributed by atoms with Crippen LogP contribution in [-0.2, 0) is 4.79 Å². The maximum atomic E-state index is 10.7. The van der Waals surface area contributed by atoms with E-state index in [1.54, 1.807) is 0 Å². The summed E-state index contributed by atoms with van der Waals surface area (Å²) in [5.74, 6) is 0.579. The molecule has 0 N–H and O–H groups in total. The SMILES string of the molecule is CC(C)C(=O)CCP. The largest absolute Gasteiger partial charge is 0.299 e. The van der Waals surface area contributed by atoms with Crippen LogP contribution in [0.4, 0.5) is 0 Å². The van der Waals surface area contributed by atoms with E-state index in [0.717, 1.165) is 6.16 Å². The molecule has 0 rings (SSSR count). The summed E-state index contributed by atoms with van der Waals surface area (Å²) >= 11 is 0. The van der Waals surface area contributed by atoms with Crippen molar-refractivity contribution in [3.05, 3.63) is 0 Å². The number of hydrogen-bond acceptors (Lipinski definition) is 1. The summed E-state index contributed by atoms with van der Waals surface area (Å²) in [5, 5.41) is 0. The van der Waals surface area contributed by atoms with E-state index in [1.165, 1.54) is 0 Å².